The lowest BCUT2D eigenvalue weighted by atomic mass is 9.92. The van der Waals surface area contributed by atoms with Crippen molar-refractivity contribution in [2.24, 2.45) is 0 Å². The van der Waals surface area contributed by atoms with Gasteiger partial charge in [-0.1, -0.05) is 42.5 Å². The van der Waals surface area contributed by atoms with Gasteiger partial charge >= 0.3 is 12.4 Å². The van der Waals surface area contributed by atoms with Gasteiger partial charge in [0.25, 0.3) is 11.2 Å². The molecule has 12 heteroatoms. The van der Waals surface area contributed by atoms with E-state index < -0.39 is 34.9 Å². The van der Waals surface area contributed by atoms with Crippen LogP contribution in [0, 0.1) is 5.82 Å². The van der Waals surface area contributed by atoms with Crippen LogP contribution in [0.3, 0.4) is 0 Å². The van der Waals surface area contributed by atoms with E-state index in [0.29, 0.717) is 17.7 Å². The molecule has 0 saturated carbocycles. The predicted molar refractivity (Wildman–Crippen MR) is 119 cm³/mol. The van der Waals surface area contributed by atoms with Gasteiger partial charge in [0.15, 0.2) is 11.6 Å². The van der Waals surface area contributed by atoms with E-state index in [2.05, 4.69) is 4.98 Å². The van der Waals surface area contributed by atoms with Gasteiger partial charge < -0.3 is 9.84 Å². The number of rotatable bonds is 5. The minimum atomic E-state index is -6.06. The molecular formula is C25H17F7N2O3. The molecule has 0 aliphatic rings. The zero-order valence-corrected chi connectivity index (χ0v) is 18.9. The number of halogens is 7. The van der Waals surface area contributed by atoms with E-state index in [0.717, 1.165) is 28.8 Å². The molecular weight excluding hydrogens is 509 g/mol. The molecule has 4 aromatic rings. The lowest BCUT2D eigenvalue weighted by molar-refractivity contribution is -0.376. The Bertz CT molecular complexity index is 1480. The molecule has 0 unspecified atom stereocenters. The van der Waals surface area contributed by atoms with Crippen LogP contribution in [-0.4, -0.2) is 34.1 Å². The predicted octanol–water partition coefficient (Wildman–Crippen LogP) is 5.44. The van der Waals surface area contributed by atoms with Crippen LogP contribution in [0.15, 0.2) is 71.5 Å². The van der Waals surface area contributed by atoms with Gasteiger partial charge in [-0.15, -0.1) is 0 Å². The summed E-state index contributed by atoms with van der Waals surface area (Å²) >= 11 is 0. The van der Waals surface area contributed by atoms with Gasteiger partial charge in [-0.2, -0.15) is 26.3 Å². The number of nitrogens with zero attached hydrogens (tertiary/aromatic N) is 2. The van der Waals surface area contributed by atoms with Crippen molar-refractivity contribution in [3.8, 4) is 11.4 Å². The number of fused-ring (bicyclic) bond motifs is 1. The number of ether oxygens (including phenoxy) is 1. The first-order chi connectivity index (χ1) is 17.3. The topological polar surface area (TPSA) is 64.3 Å². The summed E-state index contributed by atoms with van der Waals surface area (Å²) in [4.78, 5) is 17.8. The summed E-state index contributed by atoms with van der Waals surface area (Å²) in [6.07, 6.45) is -12.1. The summed E-state index contributed by atoms with van der Waals surface area (Å²) in [6, 6.07) is 13.2. The van der Waals surface area contributed by atoms with E-state index in [4.69, 9.17) is 4.74 Å². The Hall–Kier alpha value is -3.93. The second kappa shape index (κ2) is 9.18. The van der Waals surface area contributed by atoms with Crippen LogP contribution in [0.4, 0.5) is 30.7 Å². The van der Waals surface area contributed by atoms with Crippen molar-refractivity contribution in [3.05, 3.63) is 99.9 Å². The van der Waals surface area contributed by atoms with Crippen molar-refractivity contribution in [1.82, 2.24) is 9.55 Å². The van der Waals surface area contributed by atoms with Crippen molar-refractivity contribution >= 4 is 10.9 Å². The van der Waals surface area contributed by atoms with Crippen LogP contribution in [0.5, 0.6) is 5.75 Å². The van der Waals surface area contributed by atoms with Gasteiger partial charge in [0.1, 0.15) is 5.82 Å². The average molecular weight is 526 g/mol. The van der Waals surface area contributed by atoms with Gasteiger partial charge in [-0.25, -0.2) is 9.37 Å². The number of hydrogen-bond donors (Lipinski definition) is 1. The van der Waals surface area contributed by atoms with Crippen molar-refractivity contribution in [2.75, 3.05) is 7.11 Å². The fourth-order valence-corrected chi connectivity index (χ4v) is 3.89. The van der Waals surface area contributed by atoms with Crippen LogP contribution in [0.2, 0.25) is 0 Å². The third-order valence-electron chi connectivity index (χ3n) is 5.78. The Balaban J connectivity index is 1.94. The first-order valence-electron chi connectivity index (χ1n) is 10.6. The van der Waals surface area contributed by atoms with E-state index in [1.165, 1.54) is 7.11 Å². The standard InChI is InChI=1S/C25H17F7N2O3/c1-37-20-12-17-19(13-18(20)26)33-21(11-14-5-3-2-4-6-14)34(22(17)35)16-9-7-15(8-10-16)23(36,24(27,28)29)25(30,31)32/h2-10,12-13,36H,11H2,1H3. The van der Waals surface area contributed by atoms with E-state index in [-0.39, 0.29) is 34.6 Å². The van der Waals surface area contributed by atoms with Crippen molar-refractivity contribution < 1.29 is 40.6 Å². The van der Waals surface area contributed by atoms with E-state index in [1.807, 2.05) is 0 Å². The first kappa shape index (κ1) is 26.1. The van der Waals surface area contributed by atoms with E-state index >= 15 is 0 Å². The molecule has 3 aromatic carbocycles. The number of aromatic nitrogens is 2. The van der Waals surface area contributed by atoms with Crippen molar-refractivity contribution in [3.63, 3.8) is 0 Å². The molecule has 0 amide bonds. The monoisotopic (exact) mass is 526 g/mol. The lowest BCUT2D eigenvalue weighted by Crippen LogP contribution is -2.53. The van der Waals surface area contributed by atoms with Crippen LogP contribution in [0.1, 0.15) is 17.0 Å². The first-order valence-corrected chi connectivity index (χ1v) is 10.6. The summed E-state index contributed by atoms with van der Waals surface area (Å²) in [6.45, 7) is 0. The zero-order valence-electron chi connectivity index (χ0n) is 18.9. The van der Waals surface area contributed by atoms with Crippen molar-refractivity contribution in [1.29, 1.82) is 0 Å². The number of methoxy groups -OCH3 is 1. The SMILES string of the molecule is COc1cc2c(=O)n(-c3ccc(C(O)(C(F)(F)F)C(F)(F)F)cc3)c(Cc3ccccc3)nc2cc1F. The number of benzene rings is 3. The average Bonchev–Trinajstić information content (AvgIpc) is 2.83. The Morgan fingerprint density at radius 2 is 1.51 bits per heavy atom. The fraction of sp³-hybridized carbons (Fsp3) is 0.200. The minimum Gasteiger partial charge on any atom is -0.494 e. The van der Waals surface area contributed by atoms with E-state index in [9.17, 15) is 40.6 Å². The molecule has 0 saturated heterocycles. The minimum absolute atomic E-state index is 0.0226. The molecule has 0 aliphatic heterocycles. The lowest BCUT2D eigenvalue weighted by Gasteiger charge is -2.32. The molecule has 1 aromatic heterocycles. The largest absolute Gasteiger partial charge is 0.494 e. The molecule has 0 aliphatic carbocycles. The normalized spacial score (nSPS) is 12.7. The van der Waals surface area contributed by atoms with Crippen LogP contribution >= 0.6 is 0 Å². The summed E-state index contributed by atoms with van der Waals surface area (Å²) < 4.78 is 99.9. The van der Waals surface area contributed by atoms with Gasteiger partial charge in [0, 0.05) is 18.1 Å². The third kappa shape index (κ3) is 4.52. The highest BCUT2D eigenvalue weighted by molar-refractivity contribution is 5.80. The molecule has 194 valence electrons. The Morgan fingerprint density at radius 1 is 0.919 bits per heavy atom. The number of alkyl halides is 6. The molecule has 0 fully saturated rings. The summed E-state index contributed by atoms with van der Waals surface area (Å²) in [5, 5.41) is 9.57. The molecule has 1 heterocycles. The number of hydrogen-bond acceptors (Lipinski definition) is 4. The van der Waals surface area contributed by atoms with Gasteiger partial charge in [-0.05, 0) is 23.8 Å². The van der Waals surface area contributed by atoms with Crippen LogP contribution in [-0.2, 0) is 12.0 Å². The number of aliphatic hydroxyl groups is 1. The quantitative estimate of drug-likeness (QED) is 0.352. The molecule has 5 nitrogen and oxygen atoms in total. The maximum Gasteiger partial charge on any atom is 0.430 e. The van der Waals surface area contributed by atoms with Gasteiger partial charge in [0.05, 0.1) is 23.7 Å². The molecule has 0 bridgehead atoms. The smallest absolute Gasteiger partial charge is 0.430 e. The Morgan fingerprint density at radius 3 is 2.05 bits per heavy atom. The highest BCUT2D eigenvalue weighted by Gasteiger charge is 2.71. The summed E-state index contributed by atoms with van der Waals surface area (Å²) in [7, 11) is 1.18. The Labute approximate surface area is 204 Å². The third-order valence-corrected chi connectivity index (χ3v) is 5.78. The Kier molecular flexibility index (Phi) is 6.49. The van der Waals surface area contributed by atoms with Crippen LogP contribution in [0.25, 0.3) is 16.6 Å². The second-order valence-electron chi connectivity index (χ2n) is 8.09. The second-order valence-corrected chi connectivity index (χ2v) is 8.09. The van der Waals surface area contributed by atoms with E-state index in [1.54, 1.807) is 30.3 Å². The highest BCUT2D eigenvalue weighted by Crippen LogP contribution is 2.50. The maximum absolute atomic E-state index is 14.3. The zero-order chi connectivity index (χ0) is 27.2. The highest BCUT2D eigenvalue weighted by atomic mass is 19.4. The van der Waals surface area contributed by atoms with Gasteiger partial charge in [-0.3, -0.25) is 9.36 Å². The van der Waals surface area contributed by atoms with Crippen LogP contribution < -0.4 is 10.3 Å². The molecule has 1 N–H and O–H groups in total. The summed E-state index contributed by atoms with van der Waals surface area (Å²) in [5.41, 5.74) is -6.83. The molecule has 0 atom stereocenters. The molecule has 0 spiro atoms. The molecule has 0 radical (unpaired) electrons. The maximum atomic E-state index is 14.3. The molecule has 37 heavy (non-hydrogen) atoms. The fourth-order valence-electron chi connectivity index (χ4n) is 3.89. The van der Waals surface area contributed by atoms with Crippen molar-refractivity contribution in [2.45, 2.75) is 24.4 Å². The molecule has 4 rings (SSSR count). The summed E-state index contributed by atoms with van der Waals surface area (Å²) in [5.74, 6) is -0.999. The van der Waals surface area contributed by atoms with Gasteiger partial charge in [0.2, 0.25) is 0 Å².